The first-order chi connectivity index (χ1) is 10.2. The number of aromatic nitrogens is 3. The van der Waals surface area contributed by atoms with Crippen LogP contribution in [0.2, 0.25) is 0 Å². The van der Waals surface area contributed by atoms with Crippen LogP contribution in [0.1, 0.15) is 11.4 Å². The van der Waals surface area contributed by atoms with Crippen molar-refractivity contribution in [3.63, 3.8) is 0 Å². The molecule has 0 saturated heterocycles. The first-order valence-electron chi connectivity index (χ1n) is 6.40. The molecule has 0 atom stereocenters. The number of aromatic amines is 1. The van der Waals surface area contributed by atoms with Crippen LogP contribution in [0.5, 0.6) is 11.5 Å². The molecular formula is C16H13N3O2. The molecule has 5 nitrogen and oxygen atoms in total. The number of phenolic OH excluding ortho intramolecular Hbond substituents is 2. The van der Waals surface area contributed by atoms with Gasteiger partial charge in [-0.1, -0.05) is 30.3 Å². The van der Waals surface area contributed by atoms with Gasteiger partial charge in [-0.2, -0.15) is 5.10 Å². The first kappa shape index (κ1) is 12.9. The van der Waals surface area contributed by atoms with Crippen molar-refractivity contribution in [2.75, 3.05) is 0 Å². The quantitative estimate of drug-likeness (QED) is 0.688. The van der Waals surface area contributed by atoms with E-state index < -0.39 is 0 Å². The van der Waals surface area contributed by atoms with Gasteiger partial charge in [0, 0.05) is 0 Å². The Kier molecular flexibility index (Phi) is 3.39. The van der Waals surface area contributed by atoms with Gasteiger partial charge in [0.15, 0.2) is 5.82 Å². The topological polar surface area (TPSA) is 82.0 Å². The summed E-state index contributed by atoms with van der Waals surface area (Å²) in [6.45, 7) is 0. The summed E-state index contributed by atoms with van der Waals surface area (Å²) in [7, 11) is 0. The molecule has 0 radical (unpaired) electrons. The second-order valence-electron chi connectivity index (χ2n) is 4.49. The van der Waals surface area contributed by atoms with Crippen LogP contribution in [0.25, 0.3) is 23.5 Å². The second-order valence-corrected chi connectivity index (χ2v) is 4.49. The normalized spacial score (nSPS) is 11.0. The molecule has 0 unspecified atom stereocenters. The maximum Gasteiger partial charge on any atom is 0.185 e. The number of nitrogens with one attached hydrogen (secondary N) is 1. The van der Waals surface area contributed by atoms with Gasteiger partial charge >= 0.3 is 0 Å². The number of nitrogens with zero attached hydrogens (tertiary/aromatic N) is 2. The predicted octanol–water partition coefficient (Wildman–Crippen LogP) is 3.05. The molecule has 1 heterocycles. The Labute approximate surface area is 121 Å². The third-order valence-corrected chi connectivity index (χ3v) is 2.97. The van der Waals surface area contributed by atoms with Crippen molar-refractivity contribution >= 4 is 12.2 Å². The molecule has 3 rings (SSSR count). The number of H-pyrrole nitrogens is 1. The lowest BCUT2D eigenvalue weighted by Crippen LogP contribution is -1.81. The van der Waals surface area contributed by atoms with Crippen LogP contribution >= 0.6 is 0 Å². The summed E-state index contributed by atoms with van der Waals surface area (Å²) in [4.78, 5) is 4.31. The van der Waals surface area contributed by atoms with Crippen molar-refractivity contribution < 1.29 is 10.2 Å². The largest absolute Gasteiger partial charge is 0.508 e. The SMILES string of the molecule is Oc1ccc(C=Cc2nc(-c3ccccc3O)n[nH]2)cc1. The number of hydrogen-bond donors (Lipinski definition) is 3. The number of phenols is 2. The molecule has 0 spiro atoms. The smallest absolute Gasteiger partial charge is 0.185 e. The van der Waals surface area contributed by atoms with Gasteiger partial charge in [0.2, 0.25) is 0 Å². The van der Waals surface area contributed by atoms with Crippen LogP contribution in [-0.4, -0.2) is 25.4 Å². The van der Waals surface area contributed by atoms with Crippen LogP contribution in [0.3, 0.4) is 0 Å². The molecule has 0 aliphatic heterocycles. The molecule has 0 fully saturated rings. The van der Waals surface area contributed by atoms with Crippen LogP contribution in [0.15, 0.2) is 48.5 Å². The molecular weight excluding hydrogens is 266 g/mol. The highest BCUT2D eigenvalue weighted by Gasteiger charge is 2.08. The molecule has 3 aromatic rings. The second kappa shape index (κ2) is 5.50. The van der Waals surface area contributed by atoms with Gasteiger partial charge in [-0.3, -0.25) is 5.10 Å². The van der Waals surface area contributed by atoms with E-state index in [1.807, 2.05) is 12.1 Å². The summed E-state index contributed by atoms with van der Waals surface area (Å²) >= 11 is 0. The maximum atomic E-state index is 9.77. The van der Waals surface area contributed by atoms with E-state index in [0.29, 0.717) is 17.2 Å². The molecule has 0 amide bonds. The highest BCUT2D eigenvalue weighted by Crippen LogP contribution is 2.25. The summed E-state index contributed by atoms with van der Waals surface area (Å²) < 4.78 is 0. The Morgan fingerprint density at radius 1 is 0.905 bits per heavy atom. The number of benzene rings is 2. The summed E-state index contributed by atoms with van der Waals surface area (Å²) in [6, 6.07) is 13.7. The third kappa shape index (κ3) is 2.92. The molecule has 1 aromatic heterocycles. The van der Waals surface area contributed by atoms with E-state index in [-0.39, 0.29) is 11.5 Å². The van der Waals surface area contributed by atoms with Gasteiger partial charge in [0.05, 0.1) is 5.56 Å². The van der Waals surface area contributed by atoms with Gasteiger partial charge < -0.3 is 10.2 Å². The minimum absolute atomic E-state index is 0.144. The molecule has 21 heavy (non-hydrogen) atoms. The average molecular weight is 279 g/mol. The minimum Gasteiger partial charge on any atom is -0.508 e. The van der Waals surface area contributed by atoms with Crippen molar-refractivity contribution in [3.05, 3.63) is 59.9 Å². The zero-order chi connectivity index (χ0) is 14.7. The molecule has 0 aliphatic carbocycles. The van der Waals surface area contributed by atoms with Crippen LogP contribution in [-0.2, 0) is 0 Å². The maximum absolute atomic E-state index is 9.77. The van der Waals surface area contributed by atoms with Crippen molar-refractivity contribution in [2.24, 2.45) is 0 Å². The summed E-state index contributed by atoms with van der Waals surface area (Å²) in [5.41, 5.74) is 1.52. The summed E-state index contributed by atoms with van der Waals surface area (Å²) in [5.74, 6) is 1.40. The van der Waals surface area contributed by atoms with E-state index in [9.17, 15) is 10.2 Å². The zero-order valence-corrected chi connectivity index (χ0v) is 11.1. The van der Waals surface area contributed by atoms with Crippen LogP contribution in [0, 0.1) is 0 Å². The monoisotopic (exact) mass is 279 g/mol. The average Bonchev–Trinajstić information content (AvgIpc) is 2.96. The fourth-order valence-electron chi connectivity index (χ4n) is 1.89. The standard InChI is InChI=1S/C16H13N3O2/c20-12-8-5-11(6-9-12)7-10-15-17-16(19-18-15)13-3-1-2-4-14(13)21/h1-10,20-21H,(H,17,18,19). The van der Waals surface area contributed by atoms with E-state index in [1.54, 1.807) is 48.5 Å². The van der Waals surface area contributed by atoms with E-state index in [1.165, 1.54) is 0 Å². The lowest BCUT2D eigenvalue weighted by atomic mass is 10.2. The predicted molar refractivity (Wildman–Crippen MR) is 80.5 cm³/mol. The highest BCUT2D eigenvalue weighted by atomic mass is 16.3. The Bertz CT molecular complexity index is 776. The summed E-state index contributed by atoms with van der Waals surface area (Å²) in [5, 5.41) is 25.9. The third-order valence-electron chi connectivity index (χ3n) is 2.97. The van der Waals surface area contributed by atoms with E-state index in [0.717, 1.165) is 5.56 Å². The van der Waals surface area contributed by atoms with Gasteiger partial charge in [-0.15, -0.1) is 0 Å². The van der Waals surface area contributed by atoms with E-state index in [2.05, 4.69) is 15.2 Å². The fraction of sp³-hybridized carbons (Fsp3) is 0. The molecule has 2 aromatic carbocycles. The molecule has 104 valence electrons. The van der Waals surface area contributed by atoms with E-state index in [4.69, 9.17) is 0 Å². The van der Waals surface area contributed by atoms with Gasteiger partial charge in [0.25, 0.3) is 0 Å². The highest BCUT2D eigenvalue weighted by molar-refractivity contribution is 5.69. The Morgan fingerprint density at radius 2 is 1.67 bits per heavy atom. The number of hydrogen-bond acceptors (Lipinski definition) is 4. The molecule has 0 bridgehead atoms. The van der Waals surface area contributed by atoms with Crippen molar-refractivity contribution in [2.45, 2.75) is 0 Å². The minimum atomic E-state index is 0.144. The van der Waals surface area contributed by atoms with Gasteiger partial charge in [-0.05, 0) is 35.9 Å². The van der Waals surface area contributed by atoms with Gasteiger partial charge in [-0.25, -0.2) is 4.98 Å². The van der Waals surface area contributed by atoms with Crippen molar-refractivity contribution in [3.8, 4) is 22.9 Å². The molecule has 0 aliphatic rings. The van der Waals surface area contributed by atoms with Gasteiger partial charge in [0.1, 0.15) is 17.3 Å². The van der Waals surface area contributed by atoms with E-state index >= 15 is 0 Å². The molecule has 3 N–H and O–H groups in total. The van der Waals surface area contributed by atoms with Crippen molar-refractivity contribution in [1.82, 2.24) is 15.2 Å². The van der Waals surface area contributed by atoms with Crippen LogP contribution < -0.4 is 0 Å². The molecule has 5 heteroatoms. The summed E-state index contributed by atoms with van der Waals surface area (Å²) in [6.07, 6.45) is 3.64. The first-order valence-corrected chi connectivity index (χ1v) is 6.40. The number of para-hydroxylation sites is 1. The Balaban J connectivity index is 1.82. The fourth-order valence-corrected chi connectivity index (χ4v) is 1.89. The molecule has 0 saturated carbocycles. The number of rotatable bonds is 3. The zero-order valence-electron chi connectivity index (χ0n) is 11.1. The lowest BCUT2D eigenvalue weighted by molar-refractivity contribution is 0.475. The van der Waals surface area contributed by atoms with Crippen molar-refractivity contribution in [1.29, 1.82) is 0 Å². The van der Waals surface area contributed by atoms with Crippen LogP contribution in [0.4, 0.5) is 0 Å². The Hall–Kier alpha value is -3.08. The lowest BCUT2D eigenvalue weighted by Gasteiger charge is -1.97. The number of aromatic hydroxyl groups is 2. The Morgan fingerprint density at radius 3 is 2.43 bits per heavy atom.